The second kappa shape index (κ2) is 14.7. The van der Waals surface area contributed by atoms with E-state index >= 15 is 0 Å². The normalized spacial score (nSPS) is 9.25. The lowest BCUT2D eigenvalue weighted by atomic mass is 10.0. The second-order valence-corrected chi connectivity index (χ2v) is 7.68. The fourth-order valence-electron chi connectivity index (χ4n) is 3.56. The third-order valence-electron chi connectivity index (χ3n) is 5.44. The number of isocyanates is 4. The van der Waals surface area contributed by atoms with Gasteiger partial charge in [-0.2, -0.15) is 20.0 Å². The summed E-state index contributed by atoms with van der Waals surface area (Å²) in [6.07, 6.45) is 5.95. The molecule has 0 atom stereocenters. The van der Waals surface area contributed by atoms with Gasteiger partial charge in [-0.1, -0.05) is 36.4 Å². The molecule has 0 fully saturated rings. The van der Waals surface area contributed by atoms with Crippen molar-refractivity contribution in [3.05, 3.63) is 84.9 Å². The van der Waals surface area contributed by atoms with Gasteiger partial charge in [-0.05, 0) is 70.8 Å². The molecule has 196 valence electrons. The molecule has 0 unspecified atom stereocenters. The molecule has 0 aromatic heterocycles. The zero-order valence-corrected chi connectivity index (χ0v) is 21.3. The van der Waals surface area contributed by atoms with Crippen LogP contribution in [0, 0.1) is 0 Å². The third kappa shape index (κ3) is 7.51. The number of ether oxygens (including phenoxy) is 2. The first kappa shape index (κ1) is 28.6. The van der Waals surface area contributed by atoms with Crippen LogP contribution in [0.25, 0.3) is 22.3 Å². The van der Waals surface area contributed by atoms with Gasteiger partial charge in [0.2, 0.25) is 24.3 Å². The molecular formula is C30H20N4O6. The maximum atomic E-state index is 10.4. The van der Waals surface area contributed by atoms with Crippen LogP contribution in [0.3, 0.4) is 0 Å². The Morgan fingerprint density at radius 2 is 0.775 bits per heavy atom. The fraction of sp³-hybridized carbons (Fsp3) is 0.0667. The lowest BCUT2D eigenvalue weighted by Crippen LogP contribution is -1.87. The van der Waals surface area contributed by atoms with Crippen LogP contribution in [0.15, 0.2) is 105 Å². The highest BCUT2D eigenvalue weighted by atomic mass is 16.5. The van der Waals surface area contributed by atoms with Gasteiger partial charge in [-0.15, -0.1) is 0 Å². The summed E-state index contributed by atoms with van der Waals surface area (Å²) in [7, 11) is 2.98. The summed E-state index contributed by atoms with van der Waals surface area (Å²) in [6.45, 7) is 0. The summed E-state index contributed by atoms with van der Waals surface area (Å²) in [5.74, 6) is 0.907. The van der Waals surface area contributed by atoms with Crippen molar-refractivity contribution < 1.29 is 28.7 Å². The fourth-order valence-corrected chi connectivity index (χ4v) is 3.56. The van der Waals surface area contributed by atoms with Crippen LogP contribution in [-0.4, -0.2) is 38.5 Å². The van der Waals surface area contributed by atoms with E-state index in [4.69, 9.17) is 9.47 Å². The molecule has 4 aromatic carbocycles. The van der Waals surface area contributed by atoms with E-state index in [1.54, 1.807) is 60.7 Å². The Hall–Kier alpha value is -6.00. The summed E-state index contributed by atoms with van der Waals surface area (Å²) in [5, 5.41) is 0. The van der Waals surface area contributed by atoms with Crippen LogP contribution < -0.4 is 9.47 Å². The minimum atomic E-state index is 0.399. The first-order valence-corrected chi connectivity index (χ1v) is 11.4. The van der Waals surface area contributed by atoms with E-state index in [1.165, 1.54) is 38.5 Å². The van der Waals surface area contributed by atoms with Gasteiger partial charge in [0, 0.05) is 0 Å². The highest BCUT2D eigenvalue weighted by molar-refractivity contribution is 5.74. The van der Waals surface area contributed by atoms with Crippen molar-refractivity contribution in [1.82, 2.24) is 0 Å². The zero-order valence-electron chi connectivity index (χ0n) is 21.3. The van der Waals surface area contributed by atoms with E-state index < -0.39 is 0 Å². The van der Waals surface area contributed by atoms with Crippen molar-refractivity contribution >= 4 is 47.1 Å². The Kier molecular flexibility index (Phi) is 10.5. The SMILES string of the molecule is COc1cc(-c2ccc(N=C=O)c(OC)c2)ccc1N=C=O.O=C=Nc1ccc(-c2ccc(N=C=O)cc2)cc1. The van der Waals surface area contributed by atoms with Crippen molar-refractivity contribution in [3.63, 3.8) is 0 Å². The first-order chi connectivity index (χ1) is 19.6. The van der Waals surface area contributed by atoms with Crippen molar-refractivity contribution in [1.29, 1.82) is 0 Å². The van der Waals surface area contributed by atoms with Gasteiger partial charge < -0.3 is 9.47 Å². The average Bonchev–Trinajstić information content (AvgIpc) is 2.99. The van der Waals surface area contributed by atoms with Gasteiger partial charge in [0.05, 0.1) is 25.6 Å². The molecule has 0 amide bonds. The number of hydrogen-bond donors (Lipinski definition) is 0. The first-order valence-electron chi connectivity index (χ1n) is 11.4. The number of nitrogens with zero attached hydrogens (tertiary/aromatic N) is 4. The smallest absolute Gasteiger partial charge is 0.240 e. The van der Waals surface area contributed by atoms with Gasteiger partial charge in [0.25, 0.3) is 0 Å². The van der Waals surface area contributed by atoms with E-state index in [0.717, 1.165) is 22.3 Å². The molecule has 4 rings (SSSR count). The molecule has 0 radical (unpaired) electrons. The topological polar surface area (TPSA) is 136 Å². The molecule has 10 heteroatoms. The van der Waals surface area contributed by atoms with Gasteiger partial charge in [0.15, 0.2) is 0 Å². The predicted molar refractivity (Wildman–Crippen MR) is 148 cm³/mol. The molecular weight excluding hydrogens is 512 g/mol. The lowest BCUT2D eigenvalue weighted by Gasteiger charge is -2.09. The van der Waals surface area contributed by atoms with E-state index in [-0.39, 0.29) is 0 Å². The molecule has 0 saturated carbocycles. The lowest BCUT2D eigenvalue weighted by molar-refractivity contribution is 0.415. The summed E-state index contributed by atoms with van der Waals surface area (Å²) < 4.78 is 10.4. The Bertz CT molecular complexity index is 1550. The Morgan fingerprint density at radius 1 is 0.450 bits per heavy atom. The molecule has 0 saturated heterocycles. The highest BCUT2D eigenvalue weighted by Gasteiger charge is 2.09. The highest BCUT2D eigenvalue weighted by Crippen LogP contribution is 2.36. The molecule has 10 nitrogen and oxygen atoms in total. The molecule has 0 bridgehead atoms. The monoisotopic (exact) mass is 532 g/mol. The number of aliphatic imine (C=N–C) groups is 4. The van der Waals surface area contributed by atoms with Crippen molar-refractivity contribution in [2.24, 2.45) is 20.0 Å². The number of methoxy groups -OCH3 is 2. The Morgan fingerprint density at radius 3 is 1.07 bits per heavy atom. The van der Waals surface area contributed by atoms with Gasteiger partial charge in [-0.25, -0.2) is 19.2 Å². The minimum Gasteiger partial charge on any atom is -0.494 e. The zero-order chi connectivity index (χ0) is 28.7. The molecule has 0 heterocycles. The van der Waals surface area contributed by atoms with Gasteiger partial charge in [-0.3, -0.25) is 0 Å². The molecule has 0 aliphatic carbocycles. The molecule has 40 heavy (non-hydrogen) atoms. The molecule has 4 aromatic rings. The van der Waals surface area contributed by atoms with Crippen molar-refractivity contribution in [2.45, 2.75) is 0 Å². The summed E-state index contributed by atoms with van der Waals surface area (Å²) in [6, 6.07) is 24.7. The van der Waals surface area contributed by atoms with Gasteiger partial charge >= 0.3 is 0 Å². The van der Waals surface area contributed by atoms with Crippen molar-refractivity contribution in [2.75, 3.05) is 14.2 Å². The van der Waals surface area contributed by atoms with E-state index in [2.05, 4.69) is 20.0 Å². The molecule has 0 spiro atoms. The summed E-state index contributed by atoms with van der Waals surface area (Å²) >= 11 is 0. The molecule has 0 aliphatic heterocycles. The van der Waals surface area contributed by atoms with E-state index in [0.29, 0.717) is 34.2 Å². The largest absolute Gasteiger partial charge is 0.494 e. The van der Waals surface area contributed by atoms with E-state index in [9.17, 15) is 19.2 Å². The summed E-state index contributed by atoms with van der Waals surface area (Å²) in [4.78, 5) is 55.1. The van der Waals surface area contributed by atoms with E-state index in [1.807, 2.05) is 24.3 Å². The maximum Gasteiger partial charge on any atom is 0.240 e. The predicted octanol–water partition coefficient (Wildman–Crippen LogP) is 6.59. The van der Waals surface area contributed by atoms with Crippen LogP contribution in [0.1, 0.15) is 0 Å². The van der Waals surface area contributed by atoms with Crippen LogP contribution in [0.4, 0.5) is 22.7 Å². The number of rotatable bonds is 8. The Balaban J connectivity index is 0.000000225. The third-order valence-corrected chi connectivity index (χ3v) is 5.44. The molecule has 0 N–H and O–H groups in total. The van der Waals surface area contributed by atoms with Crippen LogP contribution in [-0.2, 0) is 19.2 Å². The number of carbonyl (C=O) groups excluding carboxylic acids is 4. The standard InChI is InChI=1S/C16H12N2O4.C14H8N2O2/c1-21-15-7-11(3-5-13(15)17-9-19)12-4-6-14(18-10-20)16(8-12)22-2;17-9-15-13-5-1-11(2-6-13)12-3-7-14(8-4-12)16-10-18/h3-8H,1-2H3;1-8H. The van der Waals surface area contributed by atoms with Crippen LogP contribution in [0.5, 0.6) is 11.5 Å². The minimum absolute atomic E-state index is 0.399. The average molecular weight is 533 g/mol. The molecule has 0 aliphatic rings. The van der Waals surface area contributed by atoms with Crippen LogP contribution >= 0.6 is 0 Å². The number of benzene rings is 4. The quantitative estimate of drug-likeness (QED) is 0.185. The maximum absolute atomic E-state index is 10.4. The Labute approximate surface area is 228 Å². The van der Waals surface area contributed by atoms with Crippen LogP contribution in [0.2, 0.25) is 0 Å². The van der Waals surface area contributed by atoms with Gasteiger partial charge in [0.1, 0.15) is 22.9 Å². The van der Waals surface area contributed by atoms with Crippen molar-refractivity contribution in [3.8, 4) is 33.8 Å². The number of hydrogen-bond acceptors (Lipinski definition) is 10. The second-order valence-electron chi connectivity index (χ2n) is 7.68. The summed E-state index contributed by atoms with van der Waals surface area (Å²) in [5.41, 5.74) is 5.57.